The molecule has 2 N–H and O–H groups in total. The molecule has 21 heavy (non-hydrogen) atoms. The lowest BCUT2D eigenvalue weighted by Crippen LogP contribution is -2.35. The van der Waals surface area contributed by atoms with Crippen LogP contribution in [0.2, 0.25) is 0 Å². The van der Waals surface area contributed by atoms with Crippen molar-refractivity contribution in [2.45, 2.75) is 39.4 Å². The minimum absolute atomic E-state index is 0.0591. The highest BCUT2D eigenvalue weighted by atomic mass is 19.1. The molecule has 0 spiro atoms. The maximum absolute atomic E-state index is 14.3. The minimum atomic E-state index is -0.312. The third-order valence-corrected chi connectivity index (χ3v) is 2.88. The van der Waals surface area contributed by atoms with Gasteiger partial charge in [0.15, 0.2) is 11.6 Å². The molecule has 0 fully saturated rings. The molecule has 0 aliphatic rings. The van der Waals surface area contributed by atoms with E-state index in [4.69, 9.17) is 0 Å². The van der Waals surface area contributed by atoms with E-state index < -0.39 is 0 Å². The van der Waals surface area contributed by atoms with E-state index >= 15 is 0 Å². The average Bonchev–Trinajstić information content (AvgIpc) is 2.91. The van der Waals surface area contributed by atoms with Crippen LogP contribution in [0.25, 0.3) is 0 Å². The third kappa shape index (κ3) is 4.78. The summed E-state index contributed by atoms with van der Waals surface area (Å²) < 4.78 is 16.0. The Morgan fingerprint density at radius 3 is 2.76 bits per heavy atom. The highest BCUT2D eigenvalue weighted by Gasteiger charge is 2.13. The molecule has 6 nitrogen and oxygen atoms in total. The number of hydrogen-bond donors (Lipinski definition) is 2. The zero-order valence-electron chi connectivity index (χ0n) is 12.6. The Hall–Kier alpha value is -2.02. The Morgan fingerprint density at radius 1 is 1.29 bits per heavy atom. The molecule has 0 saturated heterocycles. The lowest BCUT2D eigenvalue weighted by Gasteiger charge is -2.21. The van der Waals surface area contributed by atoms with Crippen molar-refractivity contribution in [3.63, 3.8) is 0 Å². The molecule has 2 heterocycles. The fourth-order valence-corrected chi connectivity index (χ4v) is 1.74. The molecule has 0 aromatic carbocycles. The number of halogens is 1. The second-order valence-electron chi connectivity index (χ2n) is 5.83. The molecular formula is C14H21FN6. The maximum Gasteiger partial charge on any atom is 0.169 e. The fourth-order valence-electron chi connectivity index (χ4n) is 1.74. The first kappa shape index (κ1) is 15.4. The van der Waals surface area contributed by atoms with Crippen molar-refractivity contribution in [3.8, 4) is 0 Å². The van der Waals surface area contributed by atoms with Gasteiger partial charge in [0, 0.05) is 36.6 Å². The molecule has 0 unspecified atom stereocenters. The van der Waals surface area contributed by atoms with Crippen LogP contribution < -0.4 is 10.6 Å². The first-order valence-electron chi connectivity index (χ1n) is 6.92. The summed E-state index contributed by atoms with van der Waals surface area (Å²) >= 11 is 0. The van der Waals surface area contributed by atoms with Gasteiger partial charge in [0.25, 0.3) is 0 Å². The second kappa shape index (κ2) is 6.62. The summed E-state index contributed by atoms with van der Waals surface area (Å²) in [6, 6.07) is 1.69. The minimum Gasteiger partial charge on any atom is -0.366 e. The molecule has 0 bridgehead atoms. The van der Waals surface area contributed by atoms with E-state index in [9.17, 15) is 4.39 Å². The molecule has 0 radical (unpaired) electrons. The van der Waals surface area contributed by atoms with Gasteiger partial charge in [0.05, 0.1) is 12.7 Å². The van der Waals surface area contributed by atoms with E-state index in [0.717, 1.165) is 0 Å². The Bertz CT molecular complexity index is 561. The van der Waals surface area contributed by atoms with Crippen molar-refractivity contribution in [1.82, 2.24) is 25.3 Å². The van der Waals surface area contributed by atoms with Gasteiger partial charge in [0.2, 0.25) is 0 Å². The van der Waals surface area contributed by atoms with Crippen LogP contribution in [-0.2, 0) is 13.1 Å². The summed E-state index contributed by atoms with van der Waals surface area (Å²) in [5, 5.41) is 13.8. The van der Waals surface area contributed by atoms with Crippen LogP contribution in [0.4, 0.5) is 10.2 Å². The summed E-state index contributed by atoms with van der Waals surface area (Å²) in [6.07, 6.45) is 4.98. The van der Waals surface area contributed by atoms with E-state index in [1.165, 1.54) is 0 Å². The Morgan fingerprint density at radius 2 is 2.10 bits per heavy atom. The van der Waals surface area contributed by atoms with Gasteiger partial charge >= 0.3 is 0 Å². The SMILES string of the molecule is CC(C)(C)NCc1ccnc(NCCn2ccnn2)c1F. The molecule has 114 valence electrons. The van der Waals surface area contributed by atoms with Gasteiger partial charge in [-0.3, -0.25) is 4.68 Å². The standard InChI is InChI=1S/C14H21FN6/c1-14(2,3)18-10-11-4-5-16-13(12(11)15)17-6-8-21-9-7-19-20-21/h4-5,7,9,18H,6,8,10H2,1-3H3,(H,16,17). The van der Waals surface area contributed by atoms with Crippen molar-refractivity contribution in [1.29, 1.82) is 0 Å². The van der Waals surface area contributed by atoms with Crippen LogP contribution in [0, 0.1) is 5.82 Å². The van der Waals surface area contributed by atoms with E-state index in [0.29, 0.717) is 25.2 Å². The highest BCUT2D eigenvalue weighted by molar-refractivity contribution is 5.39. The van der Waals surface area contributed by atoms with Crippen molar-refractivity contribution in [2.24, 2.45) is 0 Å². The van der Waals surface area contributed by atoms with Crippen LogP contribution in [0.1, 0.15) is 26.3 Å². The topological polar surface area (TPSA) is 67.7 Å². The van der Waals surface area contributed by atoms with Gasteiger partial charge < -0.3 is 10.6 Å². The zero-order valence-corrected chi connectivity index (χ0v) is 12.6. The molecule has 2 aromatic rings. The first-order chi connectivity index (χ1) is 9.96. The molecule has 0 amide bonds. The Labute approximate surface area is 123 Å². The summed E-state index contributed by atoms with van der Waals surface area (Å²) in [6.45, 7) is 7.74. The summed E-state index contributed by atoms with van der Waals surface area (Å²) in [5.41, 5.74) is 0.541. The van der Waals surface area contributed by atoms with Crippen molar-refractivity contribution < 1.29 is 4.39 Å². The smallest absolute Gasteiger partial charge is 0.169 e. The van der Waals surface area contributed by atoms with Gasteiger partial charge in [-0.15, -0.1) is 5.10 Å². The van der Waals surface area contributed by atoms with Gasteiger partial charge in [0.1, 0.15) is 0 Å². The Kier molecular flexibility index (Phi) is 4.85. The number of pyridine rings is 1. The van der Waals surface area contributed by atoms with Gasteiger partial charge in [-0.2, -0.15) is 0 Å². The monoisotopic (exact) mass is 292 g/mol. The van der Waals surface area contributed by atoms with Crippen molar-refractivity contribution >= 4 is 5.82 Å². The normalized spacial score (nSPS) is 11.6. The maximum atomic E-state index is 14.3. The lowest BCUT2D eigenvalue weighted by molar-refractivity contribution is 0.418. The number of anilines is 1. The van der Waals surface area contributed by atoms with Crippen molar-refractivity contribution in [3.05, 3.63) is 36.0 Å². The molecule has 0 aliphatic heterocycles. The second-order valence-corrected chi connectivity index (χ2v) is 5.83. The predicted octanol–water partition coefficient (Wildman–Crippen LogP) is 1.81. The first-order valence-corrected chi connectivity index (χ1v) is 6.92. The van der Waals surface area contributed by atoms with E-state index in [-0.39, 0.29) is 17.2 Å². The van der Waals surface area contributed by atoms with E-state index in [1.807, 2.05) is 20.8 Å². The van der Waals surface area contributed by atoms with Crippen LogP contribution in [-0.4, -0.2) is 32.1 Å². The van der Waals surface area contributed by atoms with Gasteiger partial charge in [-0.1, -0.05) is 5.21 Å². The van der Waals surface area contributed by atoms with Gasteiger partial charge in [-0.25, -0.2) is 9.37 Å². The summed E-state index contributed by atoms with van der Waals surface area (Å²) in [5.74, 6) is -0.0452. The predicted molar refractivity (Wildman–Crippen MR) is 79.3 cm³/mol. The highest BCUT2D eigenvalue weighted by Crippen LogP contribution is 2.15. The Balaban J connectivity index is 1.93. The van der Waals surface area contributed by atoms with Crippen LogP contribution >= 0.6 is 0 Å². The molecule has 0 atom stereocenters. The quantitative estimate of drug-likeness (QED) is 0.850. The lowest BCUT2D eigenvalue weighted by atomic mass is 10.1. The summed E-state index contributed by atoms with van der Waals surface area (Å²) in [7, 11) is 0. The molecule has 0 aliphatic carbocycles. The summed E-state index contributed by atoms with van der Waals surface area (Å²) in [4.78, 5) is 4.04. The average molecular weight is 292 g/mol. The largest absolute Gasteiger partial charge is 0.366 e. The van der Waals surface area contributed by atoms with E-state index in [2.05, 4.69) is 25.9 Å². The number of nitrogens with one attached hydrogen (secondary N) is 2. The molecule has 2 aromatic heterocycles. The number of aromatic nitrogens is 4. The molecule has 0 saturated carbocycles. The molecular weight excluding hydrogens is 271 g/mol. The zero-order chi connectivity index (χ0) is 15.3. The number of rotatable bonds is 6. The number of nitrogens with zero attached hydrogens (tertiary/aromatic N) is 4. The number of hydrogen-bond acceptors (Lipinski definition) is 5. The fraction of sp³-hybridized carbons (Fsp3) is 0.500. The van der Waals surface area contributed by atoms with Crippen LogP contribution in [0.5, 0.6) is 0 Å². The molecule has 2 rings (SSSR count). The molecule has 7 heteroatoms. The van der Waals surface area contributed by atoms with Crippen LogP contribution in [0.15, 0.2) is 24.7 Å². The van der Waals surface area contributed by atoms with E-state index in [1.54, 1.807) is 29.3 Å². The van der Waals surface area contributed by atoms with Crippen LogP contribution in [0.3, 0.4) is 0 Å². The third-order valence-electron chi connectivity index (χ3n) is 2.88. The van der Waals surface area contributed by atoms with Gasteiger partial charge in [-0.05, 0) is 26.8 Å². The van der Waals surface area contributed by atoms with Crippen molar-refractivity contribution in [2.75, 3.05) is 11.9 Å².